The highest BCUT2D eigenvalue weighted by Crippen LogP contribution is 2.29. The molecule has 3 aromatic rings. The molecular formula is C22H26F3N5O2. The van der Waals surface area contributed by atoms with Gasteiger partial charge < -0.3 is 20.4 Å². The standard InChI is InChI=1S/C22H26F3N5O2/c1-3-32-13-17-29-18-19(14(2)12-28-20(18)26)30(17)10-5-4-9-27-21(31)15-7-6-8-16(11-15)22(23,24)25/h6-8,11-12H,3-5,9-10,13H2,1-2H3,(H2,26,28)(H,27,31). The zero-order valence-electron chi connectivity index (χ0n) is 18.0. The van der Waals surface area contributed by atoms with Crippen LogP contribution in [-0.4, -0.2) is 33.6 Å². The maximum Gasteiger partial charge on any atom is 0.416 e. The lowest BCUT2D eigenvalue weighted by molar-refractivity contribution is -0.137. The Bertz CT molecular complexity index is 1100. The Morgan fingerprint density at radius 2 is 2.06 bits per heavy atom. The maximum atomic E-state index is 12.8. The summed E-state index contributed by atoms with van der Waals surface area (Å²) in [5.74, 6) is 0.573. The third kappa shape index (κ3) is 5.37. The monoisotopic (exact) mass is 449 g/mol. The number of aromatic nitrogens is 3. The van der Waals surface area contributed by atoms with Gasteiger partial charge in [-0.25, -0.2) is 9.97 Å². The van der Waals surface area contributed by atoms with Gasteiger partial charge in [-0.15, -0.1) is 0 Å². The molecule has 0 saturated heterocycles. The van der Waals surface area contributed by atoms with Gasteiger partial charge in [0.05, 0.1) is 11.1 Å². The van der Waals surface area contributed by atoms with Gasteiger partial charge in [0.15, 0.2) is 5.82 Å². The number of amides is 1. The number of benzene rings is 1. The minimum Gasteiger partial charge on any atom is -0.382 e. The molecule has 32 heavy (non-hydrogen) atoms. The molecule has 0 aliphatic carbocycles. The second-order valence-corrected chi connectivity index (χ2v) is 7.38. The summed E-state index contributed by atoms with van der Waals surface area (Å²) in [6, 6.07) is 4.39. The van der Waals surface area contributed by atoms with E-state index in [0.717, 1.165) is 35.5 Å². The predicted molar refractivity (Wildman–Crippen MR) is 115 cm³/mol. The molecule has 2 aromatic heterocycles. The Hall–Kier alpha value is -3.14. The van der Waals surface area contributed by atoms with Crippen LogP contribution >= 0.6 is 0 Å². The van der Waals surface area contributed by atoms with Crippen molar-refractivity contribution in [2.75, 3.05) is 18.9 Å². The van der Waals surface area contributed by atoms with Gasteiger partial charge in [-0.2, -0.15) is 13.2 Å². The van der Waals surface area contributed by atoms with E-state index in [1.54, 1.807) is 6.20 Å². The third-order valence-corrected chi connectivity index (χ3v) is 5.04. The van der Waals surface area contributed by atoms with Gasteiger partial charge in [0.1, 0.15) is 17.9 Å². The number of aryl methyl sites for hydroxylation is 2. The average Bonchev–Trinajstić information content (AvgIpc) is 3.13. The molecule has 0 atom stereocenters. The molecule has 10 heteroatoms. The van der Waals surface area contributed by atoms with Crippen LogP contribution in [0, 0.1) is 6.92 Å². The number of carbonyl (C=O) groups excluding carboxylic acids is 1. The summed E-state index contributed by atoms with van der Waals surface area (Å²) >= 11 is 0. The number of ether oxygens (including phenoxy) is 1. The molecule has 0 aliphatic heterocycles. The molecule has 0 unspecified atom stereocenters. The number of nitrogens with zero attached hydrogens (tertiary/aromatic N) is 3. The fourth-order valence-electron chi connectivity index (χ4n) is 3.45. The van der Waals surface area contributed by atoms with Crippen LogP contribution in [0.5, 0.6) is 0 Å². The van der Waals surface area contributed by atoms with Crippen LogP contribution in [-0.2, 0) is 24.1 Å². The Kier molecular flexibility index (Phi) is 7.34. The molecule has 0 saturated carbocycles. The summed E-state index contributed by atoms with van der Waals surface area (Å²) in [5.41, 5.74) is 7.62. The summed E-state index contributed by atoms with van der Waals surface area (Å²) in [5, 5.41) is 2.68. The third-order valence-electron chi connectivity index (χ3n) is 5.04. The molecule has 0 bridgehead atoms. The molecule has 0 spiro atoms. The molecule has 0 fully saturated rings. The van der Waals surface area contributed by atoms with Crippen molar-refractivity contribution in [3.05, 3.63) is 53.0 Å². The molecule has 172 valence electrons. The largest absolute Gasteiger partial charge is 0.416 e. The Morgan fingerprint density at radius 3 is 2.78 bits per heavy atom. The van der Waals surface area contributed by atoms with Crippen LogP contribution in [0.25, 0.3) is 11.0 Å². The van der Waals surface area contributed by atoms with Crippen molar-refractivity contribution in [1.82, 2.24) is 19.9 Å². The van der Waals surface area contributed by atoms with Gasteiger partial charge in [-0.05, 0) is 50.5 Å². The molecule has 0 aliphatic rings. The summed E-state index contributed by atoms with van der Waals surface area (Å²) < 4.78 is 46.1. The number of rotatable bonds is 9. The van der Waals surface area contributed by atoms with Crippen LogP contribution in [0.1, 0.15) is 47.1 Å². The number of alkyl halides is 3. The van der Waals surface area contributed by atoms with Gasteiger partial charge in [-0.3, -0.25) is 4.79 Å². The zero-order chi connectivity index (χ0) is 23.3. The quantitative estimate of drug-likeness (QED) is 0.480. The Labute approximate surface area is 183 Å². The van der Waals surface area contributed by atoms with Crippen molar-refractivity contribution in [1.29, 1.82) is 0 Å². The Balaban J connectivity index is 1.61. The topological polar surface area (TPSA) is 95.1 Å². The zero-order valence-corrected chi connectivity index (χ0v) is 18.0. The van der Waals surface area contributed by atoms with Crippen LogP contribution < -0.4 is 11.1 Å². The molecule has 7 nitrogen and oxygen atoms in total. The molecule has 2 heterocycles. The smallest absolute Gasteiger partial charge is 0.382 e. The van der Waals surface area contributed by atoms with Crippen LogP contribution in [0.2, 0.25) is 0 Å². The first kappa shape index (κ1) is 23.5. The first-order chi connectivity index (χ1) is 15.2. The average molecular weight is 449 g/mol. The summed E-state index contributed by atoms with van der Waals surface area (Å²) in [6.45, 7) is 5.70. The highest BCUT2D eigenvalue weighted by atomic mass is 19.4. The number of unbranched alkanes of at least 4 members (excludes halogenated alkanes) is 1. The molecule has 1 aromatic carbocycles. The van der Waals surface area contributed by atoms with E-state index in [1.807, 2.05) is 18.4 Å². The van der Waals surface area contributed by atoms with E-state index in [9.17, 15) is 18.0 Å². The van der Waals surface area contributed by atoms with E-state index in [-0.39, 0.29) is 5.56 Å². The predicted octanol–water partition coefficient (Wildman–Crippen LogP) is 4.09. The summed E-state index contributed by atoms with van der Waals surface area (Å²) in [4.78, 5) is 21.0. The number of carbonyl (C=O) groups is 1. The number of halogens is 3. The van der Waals surface area contributed by atoms with Crippen LogP contribution in [0.4, 0.5) is 19.0 Å². The van der Waals surface area contributed by atoms with E-state index < -0.39 is 17.6 Å². The lowest BCUT2D eigenvalue weighted by Gasteiger charge is -2.12. The number of hydrogen-bond acceptors (Lipinski definition) is 5. The van der Waals surface area contributed by atoms with Crippen molar-refractivity contribution in [2.45, 2.75) is 46.0 Å². The number of pyridine rings is 1. The second kappa shape index (κ2) is 9.99. The number of nitrogen functional groups attached to an aromatic ring is 1. The first-order valence-corrected chi connectivity index (χ1v) is 10.4. The number of imidazole rings is 1. The second-order valence-electron chi connectivity index (χ2n) is 7.38. The van der Waals surface area contributed by atoms with Crippen molar-refractivity contribution < 1.29 is 22.7 Å². The van der Waals surface area contributed by atoms with Gasteiger partial charge >= 0.3 is 6.18 Å². The van der Waals surface area contributed by atoms with Crippen molar-refractivity contribution in [3.63, 3.8) is 0 Å². The fourth-order valence-corrected chi connectivity index (χ4v) is 3.45. The summed E-state index contributed by atoms with van der Waals surface area (Å²) in [7, 11) is 0. The van der Waals surface area contributed by atoms with Crippen molar-refractivity contribution >= 4 is 22.8 Å². The maximum absolute atomic E-state index is 12.8. The summed E-state index contributed by atoms with van der Waals surface area (Å²) in [6.07, 6.45) is -1.43. The number of anilines is 1. The lowest BCUT2D eigenvalue weighted by atomic mass is 10.1. The number of hydrogen-bond donors (Lipinski definition) is 2. The fraction of sp³-hybridized carbons (Fsp3) is 0.409. The van der Waals surface area contributed by atoms with Gasteiger partial charge in [0.2, 0.25) is 0 Å². The van der Waals surface area contributed by atoms with Gasteiger partial charge in [0.25, 0.3) is 5.91 Å². The molecule has 3 rings (SSSR count). The van der Waals surface area contributed by atoms with Crippen molar-refractivity contribution in [2.24, 2.45) is 0 Å². The number of fused-ring (bicyclic) bond motifs is 1. The van der Waals surface area contributed by atoms with E-state index in [4.69, 9.17) is 10.5 Å². The minimum atomic E-state index is -4.49. The normalized spacial score (nSPS) is 11.8. The van der Waals surface area contributed by atoms with Crippen LogP contribution in [0.3, 0.4) is 0 Å². The molecular weight excluding hydrogens is 423 g/mol. The number of nitrogens with one attached hydrogen (secondary N) is 1. The van der Waals surface area contributed by atoms with E-state index >= 15 is 0 Å². The lowest BCUT2D eigenvalue weighted by Crippen LogP contribution is -2.25. The first-order valence-electron chi connectivity index (χ1n) is 10.4. The van der Waals surface area contributed by atoms with E-state index in [0.29, 0.717) is 44.1 Å². The molecule has 1 amide bonds. The highest BCUT2D eigenvalue weighted by molar-refractivity contribution is 5.94. The van der Waals surface area contributed by atoms with Crippen molar-refractivity contribution in [3.8, 4) is 0 Å². The van der Waals surface area contributed by atoms with E-state index in [2.05, 4.69) is 15.3 Å². The van der Waals surface area contributed by atoms with Crippen LogP contribution in [0.15, 0.2) is 30.5 Å². The van der Waals surface area contributed by atoms with E-state index in [1.165, 1.54) is 12.1 Å². The van der Waals surface area contributed by atoms with Gasteiger partial charge in [-0.1, -0.05) is 6.07 Å². The number of nitrogens with two attached hydrogens (primary N) is 1. The highest BCUT2D eigenvalue weighted by Gasteiger charge is 2.30. The van der Waals surface area contributed by atoms with Gasteiger partial charge in [0, 0.05) is 31.5 Å². The molecule has 0 radical (unpaired) electrons. The SMILES string of the molecule is CCOCc1nc2c(N)ncc(C)c2n1CCCCNC(=O)c1cccc(C(F)(F)F)c1. The Morgan fingerprint density at radius 1 is 1.28 bits per heavy atom. The molecule has 3 N–H and O–H groups in total. The minimum absolute atomic E-state index is 0.0157.